The van der Waals surface area contributed by atoms with E-state index < -0.39 is 0 Å². The zero-order valence-electron chi connectivity index (χ0n) is 18.4. The lowest BCUT2D eigenvalue weighted by atomic mass is 9.91. The van der Waals surface area contributed by atoms with Crippen LogP contribution in [0.1, 0.15) is 68.3 Å². The zero-order valence-corrected chi connectivity index (χ0v) is 18.4. The van der Waals surface area contributed by atoms with Gasteiger partial charge in [-0.1, -0.05) is 56.0 Å². The number of carbonyl (C=O) groups is 1. The molecule has 0 unspecified atom stereocenters. The molecule has 1 N–H and O–H groups in total. The minimum absolute atomic E-state index is 0.0668. The smallest absolute Gasteiger partial charge is 0.223 e. The highest BCUT2D eigenvalue weighted by Crippen LogP contribution is 2.39. The van der Waals surface area contributed by atoms with Crippen molar-refractivity contribution in [1.82, 2.24) is 9.88 Å². The highest BCUT2D eigenvalue weighted by atomic mass is 16.5. The molecular formula is C27H32N2O2. The van der Waals surface area contributed by atoms with Crippen molar-refractivity contribution in [1.29, 1.82) is 0 Å². The number of hydrogen-bond donors (Lipinski definition) is 1. The van der Waals surface area contributed by atoms with Crippen molar-refractivity contribution in [3.63, 3.8) is 0 Å². The summed E-state index contributed by atoms with van der Waals surface area (Å²) in [5.74, 6) is 1.90. The Labute approximate surface area is 184 Å². The summed E-state index contributed by atoms with van der Waals surface area (Å²) >= 11 is 0. The Kier molecular flexibility index (Phi) is 5.71. The summed E-state index contributed by atoms with van der Waals surface area (Å²) in [6, 6.07) is 16.7. The van der Waals surface area contributed by atoms with Gasteiger partial charge in [-0.3, -0.25) is 4.79 Å². The number of carbonyl (C=O) groups excluding carboxylic acids is 1. The maximum Gasteiger partial charge on any atom is 0.223 e. The Morgan fingerprint density at radius 3 is 2.65 bits per heavy atom. The Hall–Kier alpha value is -2.75. The van der Waals surface area contributed by atoms with Crippen LogP contribution in [0.2, 0.25) is 0 Å². The summed E-state index contributed by atoms with van der Waals surface area (Å²) in [5.41, 5.74) is 4.83. The van der Waals surface area contributed by atoms with Gasteiger partial charge in [0, 0.05) is 29.6 Å². The van der Waals surface area contributed by atoms with Gasteiger partial charge in [-0.05, 0) is 55.0 Å². The molecule has 0 saturated heterocycles. The molecule has 162 valence electrons. The molecule has 5 rings (SSSR count). The second-order valence-electron chi connectivity index (χ2n) is 8.99. The van der Waals surface area contributed by atoms with E-state index in [-0.39, 0.29) is 11.9 Å². The van der Waals surface area contributed by atoms with Crippen LogP contribution in [-0.2, 0) is 11.2 Å². The van der Waals surface area contributed by atoms with E-state index in [4.69, 9.17) is 4.74 Å². The van der Waals surface area contributed by atoms with Crippen LogP contribution in [0.15, 0.2) is 48.5 Å². The Morgan fingerprint density at radius 1 is 1.10 bits per heavy atom. The predicted octanol–water partition coefficient (Wildman–Crippen LogP) is 6.01. The van der Waals surface area contributed by atoms with E-state index in [0.717, 1.165) is 42.1 Å². The minimum atomic E-state index is -0.0668. The molecule has 1 aliphatic heterocycles. The van der Waals surface area contributed by atoms with Gasteiger partial charge < -0.3 is 14.6 Å². The largest absolute Gasteiger partial charge is 0.494 e. The topological polar surface area (TPSA) is 45.3 Å². The quantitative estimate of drug-likeness (QED) is 0.535. The fourth-order valence-corrected chi connectivity index (χ4v) is 5.54. The molecule has 0 spiro atoms. The summed E-state index contributed by atoms with van der Waals surface area (Å²) in [6.45, 7) is 3.42. The third-order valence-electron chi connectivity index (χ3n) is 7.10. The van der Waals surface area contributed by atoms with Crippen LogP contribution in [0.25, 0.3) is 10.9 Å². The van der Waals surface area contributed by atoms with Gasteiger partial charge >= 0.3 is 0 Å². The summed E-state index contributed by atoms with van der Waals surface area (Å²) in [7, 11) is 0. The number of aromatic nitrogens is 1. The number of amides is 1. The number of H-pyrrole nitrogens is 1. The van der Waals surface area contributed by atoms with Crippen molar-refractivity contribution in [2.24, 2.45) is 5.92 Å². The van der Waals surface area contributed by atoms with E-state index in [1.54, 1.807) is 0 Å². The van der Waals surface area contributed by atoms with Gasteiger partial charge in [-0.2, -0.15) is 0 Å². The molecule has 2 aromatic carbocycles. The second kappa shape index (κ2) is 8.78. The molecule has 4 nitrogen and oxygen atoms in total. The summed E-state index contributed by atoms with van der Waals surface area (Å²) in [5, 5.41) is 1.28. The lowest BCUT2D eigenvalue weighted by molar-refractivity contribution is -0.133. The molecule has 1 aliphatic carbocycles. The van der Waals surface area contributed by atoms with Gasteiger partial charge in [0.15, 0.2) is 0 Å². The normalized spacial score (nSPS) is 19.0. The van der Waals surface area contributed by atoms with Gasteiger partial charge in [-0.25, -0.2) is 0 Å². The number of aromatic amines is 1. The Bertz CT molecular complexity index is 1050. The molecule has 2 aliphatic rings. The highest BCUT2D eigenvalue weighted by molar-refractivity contribution is 5.86. The van der Waals surface area contributed by atoms with Crippen molar-refractivity contribution in [3.8, 4) is 5.75 Å². The molecule has 2 heterocycles. The second-order valence-corrected chi connectivity index (χ2v) is 8.99. The van der Waals surface area contributed by atoms with Gasteiger partial charge in [0.05, 0.1) is 12.6 Å². The van der Waals surface area contributed by atoms with E-state index >= 15 is 0 Å². The monoisotopic (exact) mass is 416 g/mol. The Balaban J connectivity index is 1.48. The van der Waals surface area contributed by atoms with E-state index in [1.165, 1.54) is 42.3 Å². The van der Waals surface area contributed by atoms with Crippen molar-refractivity contribution in [2.75, 3.05) is 13.2 Å². The van der Waals surface area contributed by atoms with Gasteiger partial charge in [0.1, 0.15) is 5.75 Å². The van der Waals surface area contributed by atoms with Crippen LogP contribution >= 0.6 is 0 Å². The van der Waals surface area contributed by atoms with Crippen LogP contribution in [-0.4, -0.2) is 28.9 Å². The van der Waals surface area contributed by atoms with Crippen LogP contribution < -0.4 is 4.74 Å². The van der Waals surface area contributed by atoms with Gasteiger partial charge in [-0.15, -0.1) is 0 Å². The first kappa shape index (κ1) is 20.2. The first-order valence-corrected chi connectivity index (χ1v) is 11.9. The van der Waals surface area contributed by atoms with Crippen molar-refractivity contribution < 1.29 is 9.53 Å². The maximum atomic E-state index is 13.4. The molecule has 0 radical (unpaired) electrons. The van der Waals surface area contributed by atoms with Crippen molar-refractivity contribution >= 4 is 16.8 Å². The summed E-state index contributed by atoms with van der Waals surface area (Å²) in [6.07, 6.45) is 7.84. The number of ether oxygens (including phenoxy) is 1. The molecule has 1 saturated carbocycles. The molecule has 3 aromatic rings. The van der Waals surface area contributed by atoms with Crippen molar-refractivity contribution in [3.05, 3.63) is 65.4 Å². The molecular weight excluding hydrogens is 384 g/mol. The maximum absolute atomic E-state index is 13.4. The molecule has 0 bridgehead atoms. The van der Waals surface area contributed by atoms with E-state index in [0.29, 0.717) is 13.0 Å². The molecule has 31 heavy (non-hydrogen) atoms. The molecule has 1 aromatic heterocycles. The lowest BCUT2D eigenvalue weighted by Gasteiger charge is -2.36. The van der Waals surface area contributed by atoms with E-state index in [2.05, 4.69) is 46.3 Å². The molecule has 1 amide bonds. The third-order valence-corrected chi connectivity index (χ3v) is 7.10. The van der Waals surface area contributed by atoms with Crippen LogP contribution in [0, 0.1) is 5.92 Å². The number of para-hydroxylation sites is 1. The number of hydrogen-bond acceptors (Lipinski definition) is 2. The van der Waals surface area contributed by atoms with Crippen molar-refractivity contribution in [2.45, 2.75) is 57.9 Å². The summed E-state index contributed by atoms with van der Waals surface area (Å²) < 4.78 is 5.65. The number of fused-ring (bicyclic) bond motifs is 3. The van der Waals surface area contributed by atoms with Crippen LogP contribution in [0.3, 0.4) is 0 Å². The van der Waals surface area contributed by atoms with E-state index in [9.17, 15) is 4.79 Å². The van der Waals surface area contributed by atoms with E-state index in [1.807, 2.05) is 19.1 Å². The molecule has 1 fully saturated rings. The first-order valence-electron chi connectivity index (χ1n) is 11.9. The predicted molar refractivity (Wildman–Crippen MR) is 124 cm³/mol. The van der Waals surface area contributed by atoms with Crippen LogP contribution in [0.5, 0.6) is 5.75 Å². The molecule has 1 atom stereocenters. The first-order chi connectivity index (χ1) is 15.2. The molecule has 4 heteroatoms. The zero-order chi connectivity index (χ0) is 21.2. The Morgan fingerprint density at radius 2 is 1.87 bits per heavy atom. The average Bonchev–Trinajstić information content (AvgIpc) is 3.45. The standard InChI is InChI=1S/C27H32N2O2/c1-2-31-21-14-12-20(13-15-21)27-26-23(22-9-5-6-10-24(22)28-26)17-18-29(27)25(30)16-11-19-7-3-4-8-19/h5-6,9-10,12-15,19,27-28H,2-4,7-8,11,16-18H2,1H3/t27-/m1/s1. The number of rotatable bonds is 6. The third kappa shape index (κ3) is 3.96. The summed E-state index contributed by atoms with van der Waals surface area (Å²) in [4.78, 5) is 19.2. The van der Waals surface area contributed by atoms with Gasteiger partial charge in [0.25, 0.3) is 0 Å². The fraction of sp³-hybridized carbons (Fsp3) is 0.444. The fourth-order valence-electron chi connectivity index (χ4n) is 5.54. The van der Waals surface area contributed by atoms with Crippen LogP contribution in [0.4, 0.5) is 0 Å². The number of nitrogens with one attached hydrogen (secondary N) is 1. The number of nitrogens with zero attached hydrogens (tertiary/aromatic N) is 1. The minimum Gasteiger partial charge on any atom is -0.494 e. The SMILES string of the molecule is CCOc1ccc([C@@H]2c3[nH]c4ccccc4c3CCN2C(=O)CCC2CCCC2)cc1. The lowest BCUT2D eigenvalue weighted by Crippen LogP contribution is -2.40. The average molecular weight is 417 g/mol. The highest BCUT2D eigenvalue weighted by Gasteiger charge is 2.34. The van der Waals surface area contributed by atoms with Gasteiger partial charge in [0.2, 0.25) is 5.91 Å². The number of benzene rings is 2.